The van der Waals surface area contributed by atoms with Gasteiger partial charge in [-0.05, 0) is 36.1 Å². The molecule has 2 heteroatoms. The number of carbonyl (C=O) groups excluding carboxylic acids is 2. The van der Waals surface area contributed by atoms with Crippen LogP contribution in [0.3, 0.4) is 0 Å². The Kier molecular flexibility index (Phi) is 3.48. The van der Waals surface area contributed by atoms with E-state index in [4.69, 9.17) is 0 Å². The van der Waals surface area contributed by atoms with Crippen LogP contribution in [0.2, 0.25) is 0 Å². The van der Waals surface area contributed by atoms with E-state index in [1.165, 1.54) is 6.08 Å². The van der Waals surface area contributed by atoms with Gasteiger partial charge in [0.2, 0.25) is 0 Å². The van der Waals surface area contributed by atoms with Gasteiger partial charge >= 0.3 is 0 Å². The number of rotatable bonds is 2. The summed E-state index contributed by atoms with van der Waals surface area (Å²) < 4.78 is 0. The van der Waals surface area contributed by atoms with Gasteiger partial charge in [-0.2, -0.15) is 0 Å². The van der Waals surface area contributed by atoms with Crippen LogP contribution in [0, 0.1) is 11.3 Å². The van der Waals surface area contributed by atoms with Crippen LogP contribution in [0.4, 0.5) is 0 Å². The third kappa shape index (κ3) is 1.94. The summed E-state index contributed by atoms with van der Waals surface area (Å²) in [5.74, 6) is -0.247. The summed E-state index contributed by atoms with van der Waals surface area (Å²) in [5, 5.41) is 0. The van der Waals surface area contributed by atoms with Gasteiger partial charge in [0.1, 0.15) is 0 Å². The molecule has 0 bridgehead atoms. The summed E-state index contributed by atoms with van der Waals surface area (Å²) in [7, 11) is 0. The Hall–Kier alpha value is -2.22. The van der Waals surface area contributed by atoms with Crippen molar-refractivity contribution in [2.24, 2.45) is 11.3 Å². The van der Waals surface area contributed by atoms with Crippen LogP contribution in [0.1, 0.15) is 31.7 Å². The van der Waals surface area contributed by atoms with Crippen LogP contribution in [-0.2, 0) is 9.59 Å². The molecule has 0 N–H and O–H groups in total. The first-order valence-electron chi connectivity index (χ1n) is 7.64. The minimum Gasteiger partial charge on any atom is -0.294 e. The summed E-state index contributed by atoms with van der Waals surface area (Å²) in [6.07, 6.45) is 6.03. The van der Waals surface area contributed by atoms with Crippen LogP contribution < -0.4 is 0 Å². The number of hydrogen-bond acceptors (Lipinski definition) is 2. The van der Waals surface area contributed by atoms with Crippen molar-refractivity contribution in [3.8, 4) is 0 Å². The van der Waals surface area contributed by atoms with Crippen molar-refractivity contribution < 1.29 is 9.59 Å². The molecule has 0 fully saturated rings. The molecule has 0 spiro atoms. The number of hydrogen-bond donors (Lipinski definition) is 0. The molecular formula is C20H20O2. The van der Waals surface area contributed by atoms with Gasteiger partial charge in [-0.25, -0.2) is 0 Å². The van der Waals surface area contributed by atoms with Gasteiger partial charge < -0.3 is 0 Å². The number of carbonyl (C=O) groups is 2. The maximum absolute atomic E-state index is 12.9. The zero-order valence-electron chi connectivity index (χ0n) is 13.0. The lowest BCUT2D eigenvalue weighted by atomic mass is 9.53. The minimum absolute atomic E-state index is 0.0518. The van der Waals surface area contributed by atoms with Crippen LogP contribution in [0.15, 0.2) is 66.3 Å². The summed E-state index contributed by atoms with van der Waals surface area (Å²) >= 11 is 0. The monoisotopic (exact) mass is 292 g/mol. The fourth-order valence-electron chi connectivity index (χ4n) is 3.94. The Morgan fingerprint density at radius 2 is 1.91 bits per heavy atom. The normalized spacial score (nSPS) is 31.2. The Morgan fingerprint density at radius 1 is 1.23 bits per heavy atom. The molecule has 3 rings (SSSR count). The fourth-order valence-corrected chi connectivity index (χ4v) is 3.94. The molecule has 2 aliphatic carbocycles. The molecule has 1 aromatic carbocycles. The van der Waals surface area contributed by atoms with Crippen LogP contribution in [-0.4, -0.2) is 11.6 Å². The maximum atomic E-state index is 12.9. The van der Waals surface area contributed by atoms with Crippen LogP contribution in [0.25, 0.3) is 0 Å². The number of allylic oxidation sites excluding steroid dienone is 5. The van der Waals surface area contributed by atoms with E-state index < -0.39 is 5.41 Å². The highest BCUT2D eigenvalue weighted by Gasteiger charge is 2.54. The topological polar surface area (TPSA) is 34.1 Å². The van der Waals surface area contributed by atoms with Gasteiger partial charge in [0.05, 0.1) is 5.41 Å². The molecule has 0 saturated carbocycles. The second-order valence-electron chi connectivity index (χ2n) is 6.38. The molecule has 3 atom stereocenters. The Labute approximate surface area is 131 Å². The van der Waals surface area contributed by atoms with E-state index in [0.29, 0.717) is 12.0 Å². The first kappa shape index (κ1) is 14.7. The quantitative estimate of drug-likeness (QED) is 0.825. The van der Waals surface area contributed by atoms with Crippen LogP contribution >= 0.6 is 0 Å². The lowest BCUT2D eigenvalue weighted by molar-refractivity contribution is -0.137. The smallest absolute Gasteiger partial charge is 0.163 e. The number of benzene rings is 1. The average Bonchev–Trinajstić information content (AvgIpc) is 2.53. The van der Waals surface area contributed by atoms with Crippen LogP contribution in [0.5, 0.6) is 0 Å². The lowest BCUT2D eigenvalue weighted by Gasteiger charge is -2.47. The molecule has 2 unspecified atom stereocenters. The second-order valence-corrected chi connectivity index (χ2v) is 6.38. The molecule has 0 aliphatic heterocycles. The number of ketones is 2. The maximum Gasteiger partial charge on any atom is 0.163 e. The van der Waals surface area contributed by atoms with Gasteiger partial charge in [0.15, 0.2) is 11.6 Å². The highest BCUT2D eigenvalue weighted by molar-refractivity contribution is 6.13. The second kappa shape index (κ2) is 5.20. The van der Waals surface area contributed by atoms with E-state index in [-0.39, 0.29) is 23.4 Å². The van der Waals surface area contributed by atoms with Crippen molar-refractivity contribution >= 4 is 11.6 Å². The Bertz CT molecular complexity index is 708. The third-order valence-electron chi connectivity index (χ3n) is 5.20. The molecule has 0 saturated heterocycles. The largest absolute Gasteiger partial charge is 0.294 e. The lowest BCUT2D eigenvalue weighted by Crippen LogP contribution is -2.49. The standard InChI is InChI=1S/C20H20O2/c1-4-14-10-11-16-19(22)13(2)12-17(21)20(16,3)18(14)15-8-6-5-7-9-15/h4-10,12,16,18H,1,11H2,2-3H3/t16?,18-,20?/m1/s1. The molecule has 0 heterocycles. The first-order valence-corrected chi connectivity index (χ1v) is 7.64. The molecular weight excluding hydrogens is 272 g/mol. The van der Waals surface area contributed by atoms with E-state index in [1.807, 2.05) is 43.3 Å². The van der Waals surface area contributed by atoms with Crippen molar-refractivity contribution in [3.05, 3.63) is 71.8 Å². The van der Waals surface area contributed by atoms with Crippen molar-refractivity contribution in [3.63, 3.8) is 0 Å². The molecule has 0 radical (unpaired) electrons. The molecule has 0 amide bonds. The summed E-state index contributed by atoms with van der Waals surface area (Å²) in [6.45, 7) is 7.59. The molecule has 1 aromatic rings. The zero-order valence-corrected chi connectivity index (χ0v) is 13.0. The van der Waals surface area contributed by atoms with Gasteiger partial charge in [-0.1, -0.05) is 56.0 Å². The van der Waals surface area contributed by atoms with Gasteiger partial charge in [-0.15, -0.1) is 0 Å². The summed E-state index contributed by atoms with van der Waals surface area (Å²) in [5.41, 5.74) is 1.96. The van der Waals surface area contributed by atoms with Crippen molar-refractivity contribution in [1.82, 2.24) is 0 Å². The van der Waals surface area contributed by atoms with E-state index in [2.05, 4.69) is 12.7 Å². The van der Waals surface area contributed by atoms with Crippen molar-refractivity contribution in [2.75, 3.05) is 0 Å². The van der Waals surface area contributed by atoms with Gasteiger partial charge in [-0.3, -0.25) is 9.59 Å². The van der Waals surface area contributed by atoms with E-state index >= 15 is 0 Å². The third-order valence-corrected chi connectivity index (χ3v) is 5.20. The van der Waals surface area contributed by atoms with Crippen molar-refractivity contribution in [2.45, 2.75) is 26.2 Å². The molecule has 2 aliphatic rings. The highest BCUT2D eigenvalue weighted by Crippen LogP contribution is 2.54. The van der Waals surface area contributed by atoms with E-state index in [9.17, 15) is 9.59 Å². The van der Waals surface area contributed by atoms with Crippen molar-refractivity contribution in [1.29, 1.82) is 0 Å². The molecule has 0 aromatic heterocycles. The number of Topliss-reactive ketones (excluding diaryl/α,β-unsaturated/α-hetero) is 1. The Balaban J connectivity index is 2.22. The number of fused-ring (bicyclic) bond motifs is 1. The molecule has 112 valence electrons. The van der Waals surface area contributed by atoms with Gasteiger partial charge in [0.25, 0.3) is 0 Å². The Morgan fingerprint density at radius 3 is 2.55 bits per heavy atom. The molecule has 22 heavy (non-hydrogen) atoms. The van der Waals surface area contributed by atoms with E-state index in [1.54, 1.807) is 6.92 Å². The highest BCUT2D eigenvalue weighted by atomic mass is 16.1. The predicted molar refractivity (Wildman–Crippen MR) is 87.4 cm³/mol. The minimum atomic E-state index is -0.726. The predicted octanol–water partition coefficient (Wildman–Crippen LogP) is 4.01. The first-order chi connectivity index (χ1) is 10.5. The zero-order chi connectivity index (χ0) is 15.9. The summed E-state index contributed by atoms with van der Waals surface area (Å²) in [4.78, 5) is 25.5. The molecule has 2 nitrogen and oxygen atoms in total. The van der Waals surface area contributed by atoms with Gasteiger partial charge in [0, 0.05) is 11.8 Å². The average molecular weight is 292 g/mol. The fraction of sp³-hybridized carbons (Fsp3) is 0.300. The van der Waals surface area contributed by atoms with E-state index in [0.717, 1.165) is 11.1 Å². The SMILES string of the molecule is C=CC1=CCC2C(=O)C(C)=CC(=O)C2(C)[C@H]1c1ccccc1. The summed E-state index contributed by atoms with van der Waals surface area (Å²) in [6, 6.07) is 9.96.